The molecule has 1 aliphatic carbocycles. The molecular weight excluding hydrogens is 226 g/mol. The first kappa shape index (κ1) is 15.5. The maximum atomic E-state index is 12.1. The number of amides is 1. The minimum Gasteiger partial charge on any atom is -0.393 e. The van der Waals surface area contributed by atoms with E-state index in [1.807, 2.05) is 13.8 Å². The lowest BCUT2D eigenvalue weighted by Gasteiger charge is -2.27. The molecule has 0 aliphatic heterocycles. The standard InChI is InChI=1S/C15H29NO2/c1-5-12(17)10-11(4)14(18)16-13(6-2)15(7-3)8-9-15/h11-13,17H,5-10H2,1-4H3,(H,16,18). The molecular formula is C15H29NO2. The number of aliphatic hydroxyl groups excluding tert-OH is 1. The predicted octanol–water partition coefficient (Wildman–Crippen LogP) is 2.87. The van der Waals surface area contributed by atoms with E-state index < -0.39 is 0 Å². The molecule has 0 heterocycles. The molecule has 0 spiro atoms. The number of nitrogens with one attached hydrogen (secondary N) is 1. The van der Waals surface area contributed by atoms with Gasteiger partial charge < -0.3 is 10.4 Å². The van der Waals surface area contributed by atoms with Crippen molar-refractivity contribution in [2.45, 2.75) is 78.4 Å². The largest absolute Gasteiger partial charge is 0.393 e. The van der Waals surface area contributed by atoms with E-state index in [2.05, 4.69) is 19.2 Å². The summed E-state index contributed by atoms with van der Waals surface area (Å²) in [6.07, 6.45) is 5.57. The summed E-state index contributed by atoms with van der Waals surface area (Å²) in [5, 5.41) is 12.8. The molecule has 1 saturated carbocycles. The van der Waals surface area contributed by atoms with Crippen molar-refractivity contribution in [3.8, 4) is 0 Å². The Balaban J connectivity index is 2.47. The van der Waals surface area contributed by atoms with Gasteiger partial charge in [0.05, 0.1) is 6.10 Å². The van der Waals surface area contributed by atoms with E-state index in [1.54, 1.807) is 0 Å². The normalized spacial score (nSPS) is 22.1. The maximum Gasteiger partial charge on any atom is 0.223 e. The van der Waals surface area contributed by atoms with Crippen LogP contribution in [-0.2, 0) is 4.79 Å². The van der Waals surface area contributed by atoms with E-state index in [-0.39, 0.29) is 17.9 Å². The van der Waals surface area contributed by atoms with Crippen molar-refractivity contribution < 1.29 is 9.90 Å². The van der Waals surface area contributed by atoms with Crippen LogP contribution in [-0.4, -0.2) is 23.2 Å². The van der Waals surface area contributed by atoms with Crippen molar-refractivity contribution in [3.63, 3.8) is 0 Å². The summed E-state index contributed by atoms with van der Waals surface area (Å²) < 4.78 is 0. The van der Waals surface area contributed by atoms with Gasteiger partial charge in [-0.1, -0.05) is 27.7 Å². The molecule has 0 aromatic carbocycles. The lowest BCUT2D eigenvalue weighted by atomic mass is 9.90. The number of hydrogen-bond donors (Lipinski definition) is 2. The SMILES string of the molecule is CCC(O)CC(C)C(=O)NC(CC)C1(CC)CC1. The molecule has 0 bridgehead atoms. The van der Waals surface area contributed by atoms with E-state index in [1.165, 1.54) is 12.8 Å². The number of aliphatic hydroxyl groups is 1. The van der Waals surface area contributed by atoms with Crippen molar-refractivity contribution in [1.82, 2.24) is 5.32 Å². The first-order chi connectivity index (χ1) is 8.49. The fourth-order valence-electron chi connectivity index (χ4n) is 2.79. The second kappa shape index (κ2) is 6.55. The third-order valence-electron chi connectivity index (χ3n) is 4.60. The number of hydrogen-bond acceptors (Lipinski definition) is 2. The molecule has 1 amide bonds. The molecule has 0 radical (unpaired) electrons. The van der Waals surface area contributed by atoms with Crippen LogP contribution in [0, 0.1) is 11.3 Å². The molecule has 0 aromatic heterocycles. The second-order valence-corrected chi connectivity index (χ2v) is 5.88. The molecule has 18 heavy (non-hydrogen) atoms. The summed E-state index contributed by atoms with van der Waals surface area (Å²) in [4.78, 5) is 12.1. The Morgan fingerprint density at radius 2 is 1.89 bits per heavy atom. The summed E-state index contributed by atoms with van der Waals surface area (Å²) in [5.41, 5.74) is 0.369. The van der Waals surface area contributed by atoms with Gasteiger partial charge in [0.25, 0.3) is 0 Å². The molecule has 3 unspecified atom stereocenters. The Labute approximate surface area is 111 Å². The number of carbonyl (C=O) groups excluding carboxylic acids is 1. The van der Waals surface area contributed by atoms with Crippen molar-refractivity contribution in [3.05, 3.63) is 0 Å². The van der Waals surface area contributed by atoms with E-state index in [0.717, 1.165) is 12.8 Å². The lowest BCUT2D eigenvalue weighted by molar-refractivity contribution is -0.126. The van der Waals surface area contributed by atoms with Gasteiger partial charge in [-0.25, -0.2) is 0 Å². The van der Waals surface area contributed by atoms with Crippen molar-refractivity contribution in [2.24, 2.45) is 11.3 Å². The third kappa shape index (κ3) is 3.71. The lowest BCUT2D eigenvalue weighted by Crippen LogP contribution is -2.43. The molecule has 1 aliphatic rings. The monoisotopic (exact) mass is 255 g/mol. The first-order valence-corrected chi connectivity index (χ1v) is 7.47. The smallest absolute Gasteiger partial charge is 0.223 e. The Kier molecular flexibility index (Phi) is 5.64. The van der Waals surface area contributed by atoms with Gasteiger partial charge in [0.15, 0.2) is 0 Å². The summed E-state index contributed by atoms with van der Waals surface area (Å²) in [6, 6.07) is 0.316. The van der Waals surface area contributed by atoms with Gasteiger partial charge >= 0.3 is 0 Å². The topological polar surface area (TPSA) is 49.3 Å². The van der Waals surface area contributed by atoms with Gasteiger partial charge in [-0.15, -0.1) is 0 Å². The fourth-order valence-corrected chi connectivity index (χ4v) is 2.79. The summed E-state index contributed by atoms with van der Waals surface area (Å²) in [5.74, 6) is 0.00994. The van der Waals surface area contributed by atoms with Crippen LogP contribution in [0.5, 0.6) is 0 Å². The highest BCUT2D eigenvalue weighted by molar-refractivity contribution is 5.78. The van der Waals surface area contributed by atoms with E-state index in [4.69, 9.17) is 0 Å². The Morgan fingerprint density at radius 3 is 2.28 bits per heavy atom. The van der Waals surface area contributed by atoms with E-state index in [9.17, 15) is 9.90 Å². The summed E-state index contributed by atoms with van der Waals surface area (Å²) in [7, 11) is 0. The molecule has 0 aromatic rings. The van der Waals surface area contributed by atoms with Crippen LogP contribution in [0.1, 0.15) is 66.2 Å². The van der Waals surface area contributed by atoms with Gasteiger partial charge in [0, 0.05) is 12.0 Å². The quantitative estimate of drug-likeness (QED) is 0.700. The predicted molar refractivity (Wildman–Crippen MR) is 74.3 cm³/mol. The highest BCUT2D eigenvalue weighted by Crippen LogP contribution is 2.52. The van der Waals surface area contributed by atoms with Crippen LogP contribution < -0.4 is 5.32 Å². The Bertz CT molecular complexity index is 274. The molecule has 3 atom stereocenters. The molecule has 3 nitrogen and oxygen atoms in total. The Hall–Kier alpha value is -0.570. The van der Waals surface area contributed by atoms with Crippen LogP contribution in [0.15, 0.2) is 0 Å². The summed E-state index contributed by atoms with van der Waals surface area (Å²) >= 11 is 0. The molecule has 3 heteroatoms. The van der Waals surface area contributed by atoms with Gasteiger partial charge in [0.2, 0.25) is 5.91 Å². The van der Waals surface area contributed by atoms with Crippen molar-refractivity contribution >= 4 is 5.91 Å². The molecule has 1 fully saturated rings. The van der Waals surface area contributed by atoms with Crippen LogP contribution in [0.25, 0.3) is 0 Å². The molecule has 2 N–H and O–H groups in total. The zero-order valence-corrected chi connectivity index (χ0v) is 12.3. The molecule has 106 valence electrons. The van der Waals surface area contributed by atoms with E-state index >= 15 is 0 Å². The summed E-state index contributed by atoms with van der Waals surface area (Å²) in [6.45, 7) is 8.21. The third-order valence-corrected chi connectivity index (χ3v) is 4.60. The van der Waals surface area contributed by atoms with Gasteiger partial charge in [-0.2, -0.15) is 0 Å². The van der Waals surface area contributed by atoms with Crippen LogP contribution in [0.4, 0.5) is 0 Å². The fraction of sp³-hybridized carbons (Fsp3) is 0.933. The second-order valence-electron chi connectivity index (χ2n) is 5.88. The molecule has 0 saturated heterocycles. The van der Waals surface area contributed by atoms with Crippen molar-refractivity contribution in [2.75, 3.05) is 0 Å². The van der Waals surface area contributed by atoms with Gasteiger partial charge in [-0.05, 0) is 43.9 Å². The average Bonchev–Trinajstić information content (AvgIpc) is 3.16. The van der Waals surface area contributed by atoms with Crippen LogP contribution >= 0.6 is 0 Å². The van der Waals surface area contributed by atoms with Crippen LogP contribution in [0.2, 0.25) is 0 Å². The maximum absolute atomic E-state index is 12.1. The van der Waals surface area contributed by atoms with E-state index in [0.29, 0.717) is 24.3 Å². The zero-order chi connectivity index (χ0) is 13.8. The van der Waals surface area contributed by atoms with Gasteiger partial charge in [-0.3, -0.25) is 4.79 Å². The highest BCUT2D eigenvalue weighted by atomic mass is 16.3. The van der Waals surface area contributed by atoms with Crippen LogP contribution in [0.3, 0.4) is 0 Å². The minimum absolute atomic E-state index is 0.0957. The van der Waals surface area contributed by atoms with Crippen molar-refractivity contribution in [1.29, 1.82) is 0 Å². The molecule has 1 rings (SSSR count). The number of rotatable bonds is 8. The number of carbonyl (C=O) groups is 1. The first-order valence-electron chi connectivity index (χ1n) is 7.47. The highest BCUT2D eigenvalue weighted by Gasteiger charge is 2.47. The van der Waals surface area contributed by atoms with Gasteiger partial charge in [0.1, 0.15) is 0 Å². The minimum atomic E-state index is -0.355. The Morgan fingerprint density at radius 1 is 1.28 bits per heavy atom. The zero-order valence-electron chi connectivity index (χ0n) is 12.3. The average molecular weight is 255 g/mol.